The molecule has 1 saturated carbocycles. The van der Waals surface area contributed by atoms with E-state index in [2.05, 4.69) is 10.1 Å². The third-order valence-corrected chi connectivity index (χ3v) is 4.07. The van der Waals surface area contributed by atoms with E-state index < -0.39 is 6.61 Å². The van der Waals surface area contributed by atoms with Crippen molar-refractivity contribution in [2.75, 3.05) is 13.7 Å². The molecule has 6 heteroatoms. The summed E-state index contributed by atoms with van der Waals surface area (Å²) in [5.74, 6) is 0.671. The number of hydrogen-bond donors (Lipinski definition) is 2. The summed E-state index contributed by atoms with van der Waals surface area (Å²) in [6, 6.07) is 4.91. The molecular formula is C16H23F2NO3. The average Bonchev–Trinajstić information content (AvgIpc) is 3.01. The zero-order valence-electron chi connectivity index (χ0n) is 12.7. The number of hydrogen-bond acceptors (Lipinski definition) is 4. The maximum absolute atomic E-state index is 12.4. The highest BCUT2D eigenvalue weighted by Gasteiger charge is 2.22. The van der Waals surface area contributed by atoms with Crippen molar-refractivity contribution in [1.82, 2.24) is 5.32 Å². The van der Waals surface area contributed by atoms with Gasteiger partial charge in [-0.2, -0.15) is 8.78 Å². The summed E-state index contributed by atoms with van der Waals surface area (Å²) >= 11 is 0. The highest BCUT2D eigenvalue weighted by Crippen LogP contribution is 2.30. The van der Waals surface area contributed by atoms with Crippen LogP contribution in [0.1, 0.15) is 31.2 Å². The number of ether oxygens (including phenoxy) is 2. The van der Waals surface area contributed by atoms with Crippen LogP contribution in [0.2, 0.25) is 0 Å². The lowest BCUT2D eigenvalue weighted by Crippen LogP contribution is -2.31. The van der Waals surface area contributed by atoms with Gasteiger partial charge in [0.2, 0.25) is 0 Å². The van der Waals surface area contributed by atoms with Gasteiger partial charge >= 0.3 is 6.61 Å². The Labute approximate surface area is 129 Å². The maximum atomic E-state index is 12.4. The van der Waals surface area contributed by atoms with Gasteiger partial charge in [-0.15, -0.1) is 0 Å². The molecule has 2 rings (SSSR count). The van der Waals surface area contributed by atoms with Gasteiger partial charge in [0.15, 0.2) is 11.5 Å². The summed E-state index contributed by atoms with van der Waals surface area (Å²) < 4.78 is 34.2. The fourth-order valence-corrected chi connectivity index (χ4v) is 2.89. The minimum absolute atomic E-state index is 0.0214. The molecule has 1 unspecified atom stereocenters. The van der Waals surface area contributed by atoms with Gasteiger partial charge in [0, 0.05) is 13.1 Å². The first-order chi connectivity index (χ1) is 10.6. The second-order valence-corrected chi connectivity index (χ2v) is 5.61. The van der Waals surface area contributed by atoms with Crippen molar-refractivity contribution in [2.24, 2.45) is 5.92 Å². The lowest BCUT2D eigenvalue weighted by Gasteiger charge is -2.18. The normalized spacial score (nSPS) is 17.0. The zero-order chi connectivity index (χ0) is 15.9. The standard InChI is InChI=1S/C16H23F2NO3/c1-21-14-7-6-11(8-15(14)22-16(17)18)9-19-10-13(20)12-4-2-3-5-12/h6-8,12-13,16,19-20H,2-5,9-10H2,1H3. The van der Waals surface area contributed by atoms with Crippen LogP contribution in [0.3, 0.4) is 0 Å². The van der Waals surface area contributed by atoms with E-state index in [-0.39, 0.29) is 17.6 Å². The first-order valence-electron chi connectivity index (χ1n) is 7.60. The van der Waals surface area contributed by atoms with Crippen LogP contribution in [-0.2, 0) is 6.54 Å². The van der Waals surface area contributed by atoms with Crippen LogP contribution >= 0.6 is 0 Å². The number of benzene rings is 1. The molecule has 0 aromatic heterocycles. The second kappa shape index (κ2) is 8.29. The lowest BCUT2D eigenvalue weighted by molar-refractivity contribution is -0.0512. The molecule has 0 saturated heterocycles. The van der Waals surface area contributed by atoms with Gasteiger partial charge in [0.25, 0.3) is 0 Å². The molecule has 0 heterocycles. The molecule has 1 aromatic carbocycles. The van der Waals surface area contributed by atoms with E-state index in [1.165, 1.54) is 26.0 Å². The number of aliphatic hydroxyl groups excluding tert-OH is 1. The summed E-state index contributed by atoms with van der Waals surface area (Å²) in [5.41, 5.74) is 0.801. The number of aliphatic hydroxyl groups is 1. The molecule has 22 heavy (non-hydrogen) atoms. The Balaban J connectivity index is 1.86. The van der Waals surface area contributed by atoms with Crippen molar-refractivity contribution < 1.29 is 23.4 Å². The number of nitrogens with one attached hydrogen (secondary N) is 1. The Bertz CT molecular complexity index is 465. The van der Waals surface area contributed by atoms with Gasteiger partial charge in [0.1, 0.15) is 0 Å². The van der Waals surface area contributed by atoms with E-state index in [0.29, 0.717) is 19.0 Å². The molecule has 4 nitrogen and oxygen atoms in total. The highest BCUT2D eigenvalue weighted by atomic mass is 19.3. The van der Waals surface area contributed by atoms with Crippen LogP contribution in [0.15, 0.2) is 18.2 Å². The van der Waals surface area contributed by atoms with Crippen LogP contribution in [0.5, 0.6) is 11.5 Å². The molecule has 1 atom stereocenters. The first-order valence-corrected chi connectivity index (χ1v) is 7.60. The molecule has 1 aliphatic carbocycles. The molecule has 1 fully saturated rings. The van der Waals surface area contributed by atoms with Crippen molar-refractivity contribution >= 4 is 0 Å². The summed E-state index contributed by atoms with van der Waals surface area (Å²) in [4.78, 5) is 0. The van der Waals surface area contributed by atoms with Crippen LogP contribution in [0.4, 0.5) is 8.78 Å². The molecule has 0 spiro atoms. The predicted octanol–water partition coefficient (Wildman–Crippen LogP) is 2.94. The van der Waals surface area contributed by atoms with Gasteiger partial charge < -0.3 is 19.9 Å². The van der Waals surface area contributed by atoms with E-state index in [1.54, 1.807) is 12.1 Å². The molecule has 124 valence electrons. The van der Waals surface area contributed by atoms with Gasteiger partial charge in [-0.1, -0.05) is 18.9 Å². The van der Waals surface area contributed by atoms with E-state index in [1.807, 2.05) is 0 Å². The van der Waals surface area contributed by atoms with Gasteiger partial charge in [-0.05, 0) is 36.5 Å². The zero-order valence-corrected chi connectivity index (χ0v) is 12.7. The SMILES string of the molecule is COc1ccc(CNCC(O)C2CCCC2)cc1OC(F)F. The van der Waals surface area contributed by atoms with Gasteiger partial charge in [0.05, 0.1) is 13.2 Å². The molecular weight excluding hydrogens is 292 g/mol. The monoisotopic (exact) mass is 315 g/mol. The summed E-state index contributed by atoms with van der Waals surface area (Å²) in [6.07, 6.45) is 4.19. The van der Waals surface area contributed by atoms with Crippen LogP contribution in [-0.4, -0.2) is 31.5 Å². The molecule has 2 N–H and O–H groups in total. The largest absolute Gasteiger partial charge is 0.493 e. The van der Waals surface area contributed by atoms with E-state index in [9.17, 15) is 13.9 Å². The topological polar surface area (TPSA) is 50.7 Å². The number of methoxy groups -OCH3 is 1. The van der Waals surface area contributed by atoms with Crippen LogP contribution in [0.25, 0.3) is 0 Å². The molecule has 0 radical (unpaired) electrons. The van der Waals surface area contributed by atoms with Gasteiger partial charge in [-0.25, -0.2) is 0 Å². The maximum Gasteiger partial charge on any atom is 0.387 e. The summed E-state index contributed by atoms with van der Waals surface area (Å²) in [6.45, 7) is -1.91. The van der Waals surface area contributed by atoms with E-state index in [0.717, 1.165) is 18.4 Å². The van der Waals surface area contributed by atoms with Crippen molar-refractivity contribution in [3.63, 3.8) is 0 Å². The molecule has 0 bridgehead atoms. The number of rotatable bonds is 8. The third-order valence-electron chi connectivity index (χ3n) is 4.07. The average molecular weight is 315 g/mol. The van der Waals surface area contributed by atoms with Crippen LogP contribution in [0, 0.1) is 5.92 Å². The third kappa shape index (κ3) is 4.81. The fourth-order valence-electron chi connectivity index (χ4n) is 2.89. The van der Waals surface area contributed by atoms with Crippen molar-refractivity contribution in [3.05, 3.63) is 23.8 Å². The minimum Gasteiger partial charge on any atom is -0.493 e. The number of halogens is 2. The Kier molecular flexibility index (Phi) is 6.39. The Morgan fingerprint density at radius 1 is 1.27 bits per heavy atom. The number of alkyl halides is 2. The minimum atomic E-state index is -2.89. The highest BCUT2D eigenvalue weighted by molar-refractivity contribution is 5.42. The predicted molar refractivity (Wildman–Crippen MR) is 79.3 cm³/mol. The second-order valence-electron chi connectivity index (χ2n) is 5.61. The van der Waals surface area contributed by atoms with Crippen molar-refractivity contribution in [2.45, 2.75) is 44.9 Å². The van der Waals surface area contributed by atoms with Crippen molar-refractivity contribution in [1.29, 1.82) is 0 Å². The van der Waals surface area contributed by atoms with Crippen LogP contribution < -0.4 is 14.8 Å². The first kappa shape index (κ1) is 17.0. The van der Waals surface area contributed by atoms with E-state index in [4.69, 9.17) is 4.74 Å². The smallest absolute Gasteiger partial charge is 0.387 e. The lowest BCUT2D eigenvalue weighted by atomic mass is 10.0. The molecule has 1 aliphatic rings. The van der Waals surface area contributed by atoms with E-state index >= 15 is 0 Å². The Morgan fingerprint density at radius 2 is 2.00 bits per heavy atom. The Hall–Kier alpha value is -1.40. The molecule has 1 aromatic rings. The quantitative estimate of drug-likeness (QED) is 0.774. The van der Waals surface area contributed by atoms with Crippen molar-refractivity contribution in [3.8, 4) is 11.5 Å². The summed E-state index contributed by atoms with van der Waals surface area (Å²) in [7, 11) is 1.41. The van der Waals surface area contributed by atoms with Gasteiger partial charge in [-0.3, -0.25) is 0 Å². The Morgan fingerprint density at radius 3 is 2.64 bits per heavy atom. The molecule has 0 aliphatic heterocycles. The fraction of sp³-hybridized carbons (Fsp3) is 0.625. The molecule has 0 amide bonds. The summed E-state index contributed by atoms with van der Waals surface area (Å²) in [5, 5.41) is 13.2.